The van der Waals surface area contributed by atoms with E-state index in [1.807, 2.05) is 22.4 Å². The van der Waals surface area contributed by atoms with Crippen LogP contribution < -0.4 is 0 Å². The number of amides is 1. The van der Waals surface area contributed by atoms with Gasteiger partial charge in [-0.3, -0.25) is 4.79 Å². The molecular formula is C16H23NO3S. The quantitative estimate of drug-likeness (QED) is 0.857. The summed E-state index contributed by atoms with van der Waals surface area (Å²) < 4.78 is 11.5. The third-order valence-corrected chi connectivity index (χ3v) is 5.61. The van der Waals surface area contributed by atoms with Gasteiger partial charge in [0.05, 0.1) is 31.8 Å². The van der Waals surface area contributed by atoms with Crippen LogP contribution >= 0.6 is 11.3 Å². The Morgan fingerprint density at radius 3 is 3.29 bits per heavy atom. The zero-order valence-electron chi connectivity index (χ0n) is 12.5. The number of methoxy groups -OCH3 is 1. The number of thiophene rings is 1. The summed E-state index contributed by atoms with van der Waals surface area (Å²) in [6.07, 6.45) is 3.87. The zero-order chi connectivity index (χ0) is 14.7. The Kier molecular flexibility index (Phi) is 4.62. The number of carbonyl (C=O) groups excluding carboxylic acids is 1. The number of rotatable bonds is 4. The van der Waals surface area contributed by atoms with Crippen molar-refractivity contribution in [2.45, 2.75) is 31.3 Å². The molecule has 3 rings (SSSR count). The van der Waals surface area contributed by atoms with E-state index in [0.29, 0.717) is 25.5 Å². The van der Waals surface area contributed by atoms with Crippen LogP contribution in [0.15, 0.2) is 17.5 Å². The van der Waals surface area contributed by atoms with Crippen LogP contribution in [-0.2, 0) is 20.7 Å². The zero-order valence-corrected chi connectivity index (χ0v) is 13.4. The van der Waals surface area contributed by atoms with Crippen molar-refractivity contribution < 1.29 is 14.3 Å². The lowest BCUT2D eigenvalue weighted by atomic mass is 9.89. The molecule has 2 fully saturated rings. The van der Waals surface area contributed by atoms with Gasteiger partial charge >= 0.3 is 0 Å². The van der Waals surface area contributed by atoms with E-state index in [1.165, 1.54) is 6.42 Å². The average Bonchev–Trinajstić information content (AvgIpc) is 3.11. The molecule has 0 N–H and O–H groups in total. The van der Waals surface area contributed by atoms with E-state index in [1.54, 1.807) is 18.4 Å². The minimum Gasteiger partial charge on any atom is -0.384 e. The Morgan fingerprint density at radius 2 is 2.52 bits per heavy atom. The second-order valence-corrected chi connectivity index (χ2v) is 7.06. The van der Waals surface area contributed by atoms with E-state index in [4.69, 9.17) is 9.47 Å². The minimum absolute atomic E-state index is 0.167. The lowest BCUT2D eigenvalue weighted by molar-refractivity contribution is -0.160. The highest BCUT2D eigenvalue weighted by Gasteiger charge is 2.47. The largest absolute Gasteiger partial charge is 0.384 e. The van der Waals surface area contributed by atoms with Crippen LogP contribution in [0.1, 0.15) is 24.1 Å². The van der Waals surface area contributed by atoms with Gasteiger partial charge in [-0.1, -0.05) is 12.5 Å². The van der Waals surface area contributed by atoms with Crippen LogP contribution in [0, 0.1) is 5.92 Å². The average molecular weight is 309 g/mol. The van der Waals surface area contributed by atoms with Crippen LogP contribution in [-0.4, -0.2) is 49.8 Å². The molecule has 0 radical (unpaired) electrons. The fraction of sp³-hybridized carbons (Fsp3) is 0.688. The molecule has 2 aliphatic rings. The highest BCUT2D eigenvalue weighted by Crippen LogP contribution is 2.41. The SMILES string of the molecule is COC[C@H]1CCC[C@]12CN(C(=O)Cc1cccs1)CCO2. The molecule has 1 saturated carbocycles. The van der Waals surface area contributed by atoms with Crippen molar-refractivity contribution in [2.24, 2.45) is 5.92 Å². The molecule has 0 bridgehead atoms. The second kappa shape index (κ2) is 6.46. The number of morpholine rings is 1. The highest BCUT2D eigenvalue weighted by molar-refractivity contribution is 7.10. The molecule has 2 atom stereocenters. The summed E-state index contributed by atoms with van der Waals surface area (Å²) in [4.78, 5) is 15.7. The molecule has 4 nitrogen and oxygen atoms in total. The van der Waals surface area contributed by atoms with Crippen molar-refractivity contribution >= 4 is 17.2 Å². The normalized spacial score (nSPS) is 29.2. The first kappa shape index (κ1) is 15.0. The molecule has 1 aliphatic carbocycles. The Bertz CT molecular complexity index is 476. The smallest absolute Gasteiger partial charge is 0.228 e. The maximum atomic E-state index is 12.5. The Labute approximate surface area is 130 Å². The third-order valence-electron chi connectivity index (χ3n) is 4.73. The highest BCUT2D eigenvalue weighted by atomic mass is 32.1. The van der Waals surface area contributed by atoms with Crippen molar-refractivity contribution in [2.75, 3.05) is 33.4 Å². The van der Waals surface area contributed by atoms with Gasteiger partial charge in [0, 0.05) is 24.4 Å². The van der Waals surface area contributed by atoms with Crippen molar-refractivity contribution in [3.63, 3.8) is 0 Å². The molecule has 1 aliphatic heterocycles. The lowest BCUT2D eigenvalue weighted by Crippen LogP contribution is -2.56. The van der Waals surface area contributed by atoms with Crippen LogP contribution in [0.5, 0.6) is 0 Å². The number of ether oxygens (including phenoxy) is 2. The molecular weight excluding hydrogens is 286 g/mol. The summed E-state index contributed by atoms with van der Waals surface area (Å²) in [7, 11) is 1.74. The van der Waals surface area contributed by atoms with Gasteiger partial charge in [0.15, 0.2) is 0 Å². The van der Waals surface area contributed by atoms with Gasteiger partial charge in [0.1, 0.15) is 0 Å². The Hall–Kier alpha value is -0.910. The van der Waals surface area contributed by atoms with E-state index in [-0.39, 0.29) is 11.5 Å². The van der Waals surface area contributed by atoms with Gasteiger partial charge in [-0.15, -0.1) is 11.3 Å². The van der Waals surface area contributed by atoms with E-state index in [0.717, 1.165) is 30.9 Å². The summed E-state index contributed by atoms with van der Waals surface area (Å²) in [5.41, 5.74) is -0.167. The maximum Gasteiger partial charge on any atom is 0.228 e. The van der Waals surface area contributed by atoms with Gasteiger partial charge in [0.25, 0.3) is 0 Å². The van der Waals surface area contributed by atoms with E-state index < -0.39 is 0 Å². The van der Waals surface area contributed by atoms with Gasteiger partial charge in [-0.05, 0) is 24.3 Å². The Morgan fingerprint density at radius 1 is 1.62 bits per heavy atom. The summed E-state index contributed by atoms with van der Waals surface area (Å²) in [5.74, 6) is 0.642. The predicted molar refractivity (Wildman–Crippen MR) is 82.5 cm³/mol. The van der Waals surface area contributed by atoms with E-state index in [9.17, 15) is 4.79 Å². The summed E-state index contributed by atoms with van der Waals surface area (Å²) >= 11 is 1.65. The van der Waals surface area contributed by atoms with Gasteiger partial charge in [-0.2, -0.15) is 0 Å². The molecule has 1 amide bonds. The topological polar surface area (TPSA) is 38.8 Å². The maximum absolute atomic E-state index is 12.5. The molecule has 1 aromatic heterocycles. The van der Waals surface area contributed by atoms with Crippen molar-refractivity contribution in [3.05, 3.63) is 22.4 Å². The lowest BCUT2D eigenvalue weighted by Gasteiger charge is -2.44. The first-order valence-corrected chi connectivity index (χ1v) is 8.54. The monoisotopic (exact) mass is 309 g/mol. The van der Waals surface area contributed by atoms with Crippen LogP contribution in [0.25, 0.3) is 0 Å². The fourth-order valence-corrected chi connectivity index (χ4v) is 4.34. The molecule has 2 heterocycles. The fourth-order valence-electron chi connectivity index (χ4n) is 3.64. The summed E-state index contributed by atoms with van der Waals surface area (Å²) in [6, 6.07) is 4.03. The van der Waals surface area contributed by atoms with Crippen LogP contribution in [0.2, 0.25) is 0 Å². The van der Waals surface area contributed by atoms with Gasteiger partial charge < -0.3 is 14.4 Å². The second-order valence-electron chi connectivity index (χ2n) is 6.03. The molecule has 5 heteroatoms. The van der Waals surface area contributed by atoms with Gasteiger partial charge in [0.2, 0.25) is 5.91 Å². The van der Waals surface area contributed by atoms with Gasteiger partial charge in [-0.25, -0.2) is 0 Å². The number of carbonyl (C=O) groups is 1. The van der Waals surface area contributed by atoms with Crippen molar-refractivity contribution in [1.82, 2.24) is 4.90 Å². The summed E-state index contributed by atoms with van der Waals surface area (Å²) in [5, 5.41) is 2.02. The molecule has 0 aromatic carbocycles. The molecule has 1 saturated heterocycles. The third kappa shape index (κ3) is 3.15. The van der Waals surface area contributed by atoms with E-state index in [2.05, 4.69) is 0 Å². The molecule has 21 heavy (non-hydrogen) atoms. The van der Waals surface area contributed by atoms with E-state index >= 15 is 0 Å². The Balaban J connectivity index is 1.66. The first-order valence-electron chi connectivity index (χ1n) is 7.66. The number of hydrogen-bond acceptors (Lipinski definition) is 4. The van der Waals surface area contributed by atoms with Crippen molar-refractivity contribution in [1.29, 1.82) is 0 Å². The number of nitrogens with zero attached hydrogens (tertiary/aromatic N) is 1. The first-order chi connectivity index (χ1) is 10.2. The number of hydrogen-bond donors (Lipinski definition) is 0. The van der Waals surface area contributed by atoms with Crippen LogP contribution in [0.4, 0.5) is 0 Å². The molecule has 116 valence electrons. The predicted octanol–water partition coefficient (Wildman–Crippen LogP) is 2.33. The molecule has 0 unspecified atom stereocenters. The van der Waals surface area contributed by atoms with Crippen molar-refractivity contribution in [3.8, 4) is 0 Å². The standard InChI is InChI=1S/C16H23NO3S/c1-19-11-13-4-2-6-16(13)12-17(7-8-20-16)15(18)10-14-5-3-9-21-14/h3,5,9,13H,2,4,6-8,10-12H2,1H3/t13-,16+/m1/s1. The van der Waals surface area contributed by atoms with Crippen LogP contribution in [0.3, 0.4) is 0 Å². The minimum atomic E-state index is -0.167. The summed E-state index contributed by atoms with van der Waals surface area (Å²) in [6.45, 7) is 2.82. The molecule has 1 aromatic rings. The molecule has 1 spiro atoms.